The lowest BCUT2D eigenvalue weighted by Gasteiger charge is -2.48. The van der Waals surface area contributed by atoms with E-state index in [1.165, 1.54) is 44.0 Å². The number of anilines is 2. The second-order valence-electron chi connectivity index (χ2n) is 13.6. The molecular formula is C38H47F3N4O. The van der Waals surface area contributed by atoms with Gasteiger partial charge in [0.15, 0.2) is 0 Å². The first-order valence-corrected chi connectivity index (χ1v) is 16.6. The average molecular weight is 633 g/mol. The third-order valence-corrected chi connectivity index (χ3v) is 10.1. The van der Waals surface area contributed by atoms with Gasteiger partial charge in [-0.15, -0.1) is 0 Å². The van der Waals surface area contributed by atoms with Crippen LogP contribution in [0.25, 0.3) is 6.08 Å². The molecule has 2 aliphatic rings. The summed E-state index contributed by atoms with van der Waals surface area (Å²) >= 11 is 0. The van der Waals surface area contributed by atoms with Crippen molar-refractivity contribution in [1.82, 2.24) is 14.8 Å². The summed E-state index contributed by atoms with van der Waals surface area (Å²) in [7, 11) is 2.01. The molecule has 3 aromatic rings. The molecule has 8 heteroatoms. The summed E-state index contributed by atoms with van der Waals surface area (Å²) < 4.78 is 39.1. The highest BCUT2D eigenvalue weighted by Crippen LogP contribution is 2.46. The smallest absolute Gasteiger partial charge is 0.345 e. The zero-order chi connectivity index (χ0) is 32.7. The molecule has 1 saturated carbocycles. The molecule has 1 saturated heterocycles. The molecule has 5 rings (SSSR count). The lowest BCUT2D eigenvalue weighted by molar-refractivity contribution is -0.137. The van der Waals surface area contributed by atoms with Gasteiger partial charge >= 0.3 is 6.18 Å². The number of alkyl halides is 3. The molecule has 0 atom stereocenters. The number of halogens is 3. The van der Waals surface area contributed by atoms with E-state index in [0.29, 0.717) is 17.5 Å². The van der Waals surface area contributed by atoms with Crippen molar-refractivity contribution in [2.24, 2.45) is 11.3 Å². The lowest BCUT2D eigenvalue weighted by atomic mass is 9.66. The number of hydrogen-bond acceptors (Lipinski definition) is 4. The van der Waals surface area contributed by atoms with E-state index in [-0.39, 0.29) is 11.9 Å². The first-order chi connectivity index (χ1) is 22.0. The van der Waals surface area contributed by atoms with Gasteiger partial charge in [0, 0.05) is 49.5 Å². The average Bonchev–Trinajstić information content (AvgIpc) is 3.06. The van der Waals surface area contributed by atoms with Gasteiger partial charge in [0.1, 0.15) is 0 Å². The number of rotatable bonds is 10. The third kappa shape index (κ3) is 8.78. The number of pyridine rings is 1. The van der Waals surface area contributed by atoms with Gasteiger partial charge < -0.3 is 14.7 Å². The van der Waals surface area contributed by atoms with Crippen LogP contribution in [0.1, 0.15) is 75.5 Å². The molecule has 46 heavy (non-hydrogen) atoms. The molecule has 2 aromatic carbocycles. The number of aromatic nitrogens is 1. The number of amides is 1. The SMILES string of the molecule is CC(C)CCN1CCC2(CCC(N(Cc3ccc(N(C)c4ccncc4)cc3)C(=O)C=Cc3ccc(C(F)(F)F)cc3)CC2)CC1. The fraction of sp³-hybridized carbons (Fsp3) is 0.474. The first kappa shape index (κ1) is 33.7. The van der Waals surface area contributed by atoms with Gasteiger partial charge in [0.05, 0.1) is 5.56 Å². The van der Waals surface area contributed by atoms with Crippen molar-refractivity contribution >= 4 is 23.4 Å². The van der Waals surface area contributed by atoms with Crippen LogP contribution in [-0.4, -0.2) is 53.4 Å². The number of carbonyl (C=O) groups is 1. The van der Waals surface area contributed by atoms with Gasteiger partial charge in [-0.05, 0) is 130 Å². The molecule has 0 bridgehead atoms. The Morgan fingerprint density at radius 1 is 0.935 bits per heavy atom. The van der Waals surface area contributed by atoms with Gasteiger partial charge in [-0.3, -0.25) is 9.78 Å². The Balaban J connectivity index is 1.28. The minimum absolute atomic E-state index is 0.109. The molecule has 0 unspecified atom stereocenters. The summed E-state index contributed by atoms with van der Waals surface area (Å²) in [5, 5.41) is 0. The Kier molecular flexibility index (Phi) is 10.9. The minimum atomic E-state index is -4.39. The maximum absolute atomic E-state index is 13.8. The molecule has 1 amide bonds. The Bertz CT molecular complexity index is 1420. The molecule has 1 aliphatic carbocycles. The summed E-state index contributed by atoms with van der Waals surface area (Å²) in [5.74, 6) is 0.615. The molecule has 1 spiro atoms. The number of nitrogens with zero attached hydrogens (tertiary/aromatic N) is 4. The van der Waals surface area contributed by atoms with Gasteiger partial charge in [0.2, 0.25) is 5.91 Å². The van der Waals surface area contributed by atoms with Crippen LogP contribution in [0.2, 0.25) is 0 Å². The van der Waals surface area contributed by atoms with Crippen molar-refractivity contribution < 1.29 is 18.0 Å². The fourth-order valence-corrected chi connectivity index (χ4v) is 6.89. The standard InChI is InChI=1S/C38H47F3N4O/c1-29(2)18-25-44-26-21-37(22-27-44)19-14-35(15-20-37)45(36(46)13-8-30-4-9-32(10-5-30)38(39,40)41)28-31-6-11-33(12-7-31)43(3)34-16-23-42-24-17-34/h4-13,16-17,23-24,29,35H,14-15,18-22,25-28H2,1-3H3. The van der Waals surface area contributed by atoms with Crippen molar-refractivity contribution in [3.63, 3.8) is 0 Å². The molecule has 246 valence electrons. The minimum Gasteiger partial charge on any atom is -0.345 e. The van der Waals surface area contributed by atoms with Crippen molar-refractivity contribution in [2.75, 3.05) is 31.6 Å². The van der Waals surface area contributed by atoms with Gasteiger partial charge in [-0.1, -0.05) is 38.1 Å². The van der Waals surface area contributed by atoms with E-state index < -0.39 is 11.7 Å². The zero-order valence-corrected chi connectivity index (χ0v) is 27.3. The molecule has 1 aliphatic heterocycles. The Morgan fingerprint density at radius 2 is 1.54 bits per heavy atom. The van der Waals surface area contributed by atoms with E-state index >= 15 is 0 Å². The van der Waals surface area contributed by atoms with E-state index in [1.807, 2.05) is 24.1 Å². The Labute approximate surface area is 272 Å². The second kappa shape index (κ2) is 14.8. The predicted octanol–water partition coefficient (Wildman–Crippen LogP) is 8.98. The van der Waals surface area contributed by atoms with Crippen LogP contribution >= 0.6 is 0 Å². The van der Waals surface area contributed by atoms with E-state index in [1.54, 1.807) is 18.5 Å². The first-order valence-electron chi connectivity index (χ1n) is 16.6. The summed E-state index contributed by atoms with van der Waals surface area (Å²) in [6.45, 7) is 8.56. The fourth-order valence-electron chi connectivity index (χ4n) is 6.89. The topological polar surface area (TPSA) is 39.7 Å². The predicted molar refractivity (Wildman–Crippen MR) is 180 cm³/mol. The number of benzene rings is 2. The number of likely N-dealkylation sites (tertiary alicyclic amines) is 1. The normalized spacial score (nSPS) is 17.5. The van der Waals surface area contributed by atoms with E-state index in [2.05, 4.69) is 52.9 Å². The van der Waals surface area contributed by atoms with E-state index in [9.17, 15) is 18.0 Å². The summed E-state index contributed by atoms with van der Waals surface area (Å²) in [6.07, 6.45) is 10.2. The van der Waals surface area contributed by atoms with Gasteiger partial charge in [0.25, 0.3) is 0 Å². The quantitative estimate of drug-likeness (QED) is 0.209. The van der Waals surface area contributed by atoms with Crippen LogP contribution in [0.3, 0.4) is 0 Å². The molecule has 2 fully saturated rings. The summed E-state index contributed by atoms with van der Waals surface area (Å²) in [5.41, 5.74) is 3.36. The highest BCUT2D eigenvalue weighted by atomic mass is 19.4. The number of piperidine rings is 1. The van der Waals surface area contributed by atoms with Crippen LogP contribution in [-0.2, 0) is 17.5 Å². The highest BCUT2D eigenvalue weighted by molar-refractivity contribution is 5.92. The lowest BCUT2D eigenvalue weighted by Crippen LogP contribution is -2.47. The molecule has 0 N–H and O–H groups in total. The monoisotopic (exact) mass is 632 g/mol. The molecule has 0 radical (unpaired) electrons. The Hall–Kier alpha value is -3.65. The van der Waals surface area contributed by atoms with Gasteiger partial charge in [-0.2, -0.15) is 13.2 Å². The molecular weight excluding hydrogens is 585 g/mol. The summed E-state index contributed by atoms with van der Waals surface area (Å²) in [4.78, 5) is 24.6. The van der Waals surface area contributed by atoms with Crippen LogP contribution in [0.5, 0.6) is 0 Å². The Morgan fingerprint density at radius 3 is 2.13 bits per heavy atom. The molecule has 5 nitrogen and oxygen atoms in total. The highest BCUT2D eigenvalue weighted by Gasteiger charge is 2.40. The van der Waals surface area contributed by atoms with Crippen molar-refractivity contribution in [1.29, 1.82) is 0 Å². The number of hydrogen-bond donors (Lipinski definition) is 0. The van der Waals surface area contributed by atoms with Crippen LogP contribution < -0.4 is 4.90 Å². The van der Waals surface area contributed by atoms with Crippen molar-refractivity contribution in [3.05, 3.63) is 95.8 Å². The van der Waals surface area contributed by atoms with Crippen LogP contribution in [0.4, 0.5) is 24.5 Å². The summed E-state index contributed by atoms with van der Waals surface area (Å²) in [6, 6.07) is 17.3. The maximum atomic E-state index is 13.8. The molecule has 1 aromatic heterocycles. The zero-order valence-electron chi connectivity index (χ0n) is 27.3. The maximum Gasteiger partial charge on any atom is 0.416 e. The van der Waals surface area contributed by atoms with Crippen molar-refractivity contribution in [2.45, 2.75) is 77.6 Å². The third-order valence-electron chi connectivity index (χ3n) is 10.1. The molecule has 2 heterocycles. The largest absolute Gasteiger partial charge is 0.416 e. The van der Waals surface area contributed by atoms with Gasteiger partial charge in [-0.25, -0.2) is 0 Å². The van der Waals surface area contributed by atoms with E-state index in [4.69, 9.17) is 0 Å². The van der Waals surface area contributed by atoms with Crippen LogP contribution in [0.15, 0.2) is 79.1 Å². The van der Waals surface area contributed by atoms with E-state index in [0.717, 1.165) is 73.8 Å². The van der Waals surface area contributed by atoms with Crippen LogP contribution in [0, 0.1) is 11.3 Å². The number of carbonyl (C=O) groups excluding carboxylic acids is 1. The van der Waals surface area contributed by atoms with Crippen molar-refractivity contribution in [3.8, 4) is 0 Å². The second-order valence-corrected chi connectivity index (χ2v) is 13.6.